The summed E-state index contributed by atoms with van der Waals surface area (Å²) in [5, 5.41) is 12.8. The number of hydrogen-bond donors (Lipinski definition) is 2. The summed E-state index contributed by atoms with van der Waals surface area (Å²) in [6.07, 6.45) is 6.62. The number of piperidine rings is 2. The Morgan fingerprint density at radius 2 is 2.11 bits per heavy atom. The van der Waals surface area contributed by atoms with E-state index in [-0.39, 0.29) is 18.6 Å². The van der Waals surface area contributed by atoms with Gasteiger partial charge in [-0.15, -0.1) is 0 Å². The predicted octanol–water partition coefficient (Wildman–Crippen LogP) is 0.749. The molecule has 0 aromatic carbocycles. The third kappa shape index (κ3) is 2.05. The van der Waals surface area contributed by atoms with E-state index in [1.165, 1.54) is 0 Å². The summed E-state index contributed by atoms with van der Waals surface area (Å²) in [5.74, 6) is 0.586. The SMILES string of the molecule is O=C(C1CC12CCNCC2)N1CCCCC1CO. The lowest BCUT2D eigenvalue weighted by atomic mass is 9.91. The maximum absolute atomic E-state index is 12.6. The minimum Gasteiger partial charge on any atom is -0.394 e. The number of carbonyl (C=O) groups is 1. The maximum atomic E-state index is 12.6. The minimum absolute atomic E-state index is 0.0885. The van der Waals surface area contributed by atoms with Crippen LogP contribution in [0.15, 0.2) is 0 Å². The minimum atomic E-state index is 0.0885. The van der Waals surface area contributed by atoms with Gasteiger partial charge in [0.15, 0.2) is 0 Å². The van der Waals surface area contributed by atoms with Crippen LogP contribution in [0.1, 0.15) is 38.5 Å². The molecule has 0 bridgehead atoms. The van der Waals surface area contributed by atoms with Gasteiger partial charge in [-0.25, -0.2) is 0 Å². The highest BCUT2D eigenvalue weighted by Crippen LogP contribution is 2.59. The molecular weight excluding hydrogens is 228 g/mol. The van der Waals surface area contributed by atoms with Crippen LogP contribution >= 0.6 is 0 Å². The van der Waals surface area contributed by atoms with Crippen LogP contribution in [-0.2, 0) is 4.79 Å². The summed E-state index contributed by atoms with van der Waals surface area (Å²) in [6.45, 7) is 3.11. The fourth-order valence-corrected chi connectivity index (χ4v) is 3.85. The van der Waals surface area contributed by atoms with Crippen molar-refractivity contribution in [2.45, 2.75) is 44.6 Å². The molecule has 2 unspecified atom stereocenters. The topological polar surface area (TPSA) is 52.6 Å². The first-order valence-corrected chi connectivity index (χ1v) is 7.39. The second-order valence-electron chi connectivity index (χ2n) is 6.23. The van der Waals surface area contributed by atoms with E-state index in [0.29, 0.717) is 11.3 Å². The van der Waals surface area contributed by atoms with E-state index in [4.69, 9.17) is 0 Å². The number of likely N-dealkylation sites (tertiary alicyclic amines) is 1. The Morgan fingerprint density at radius 1 is 1.33 bits per heavy atom. The summed E-state index contributed by atoms with van der Waals surface area (Å²) in [5.41, 5.74) is 0.319. The molecular formula is C14H24N2O2. The molecule has 2 saturated heterocycles. The normalized spacial score (nSPS) is 34.6. The fraction of sp³-hybridized carbons (Fsp3) is 0.929. The summed E-state index contributed by atoms with van der Waals surface area (Å²) < 4.78 is 0. The van der Waals surface area contributed by atoms with Crippen LogP contribution in [0.25, 0.3) is 0 Å². The average Bonchev–Trinajstić information content (AvgIpc) is 3.12. The number of nitrogens with one attached hydrogen (secondary N) is 1. The van der Waals surface area contributed by atoms with Crippen LogP contribution < -0.4 is 5.32 Å². The number of aliphatic hydroxyl groups excluding tert-OH is 1. The Morgan fingerprint density at radius 3 is 2.83 bits per heavy atom. The van der Waals surface area contributed by atoms with E-state index in [9.17, 15) is 9.90 Å². The molecule has 18 heavy (non-hydrogen) atoms. The number of carbonyl (C=O) groups excluding carboxylic acids is 1. The average molecular weight is 252 g/mol. The summed E-state index contributed by atoms with van der Waals surface area (Å²) in [6, 6.07) is 0.0885. The van der Waals surface area contributed by atoms with E-state index in [1.807, 2.05) is 4.90 Å². The molecule has 4 heteroatoms. The number of aliphatic hydroxyl groups is 1. The quantitative estimate of drug-likeness (QED) is 0.762. The van der Waals surface area contributed by atoms with Crippen LogP contribution in [0.2, 0.25) is 0 Å². The molecule has 2 heterocycles. The van der Waals surface area contributed by atoms with Crippen molar-refractivity contribution in [3.05, 3.63) is 0 Å². The second-order valence-corrected chi connectivity index (χ2v) is 6.23. The standard InChI is InChI=1S/C14H24N2O2/c17-10-11-3-1-2-8-16(11)13(18)12-9-14(12)4-6-15-7-5-14/h11-12,15,17H,1-10H2. The van der Waals surface area contributed by atoms with Gasteiger partial charge in [0, 0.05) is 12.5 Å². The van der Waals surface area contributed by atoms with E-state index >= 15 is 0 Å². The zero-order valence-corrected chi connectivity index (χ0v) is 11.0. The van der Waals surface area contributed by atoms with Gasteiger partial charge in [-0.05, 0) is 57.0 Å². The lowest BCUT2D eigenvalue weighted by molar-refractivity contribution is -0.138. The Labute approximate surface area is 109 Å². The van der Waals surface area contributed by atoms with E-state index in [0.717, 1.165) is 58.2 Å². The van der Waals surface area contributed by atoms with Gasteiger partial charge in [-0.2, -0.15) is 0 Å². The van der Waals surface area contributed by atoms with Crippen molar-refractivity contribution < 1.29 is 9.90 Å². The first kappa shape index (κ1) is 12.4. The monoisotopic (exact) mass is 252 g/mol. The van der Waals surface area contributed by atoms with Crippen molar-refractivity contribution in [3.8, 4) is 0 Å². The van der Waals surface area contributed by atoms with Crippen molar-refractivity contribution >= 4 is 5.91 Å². The van der Waals surface area contributed by atoms with E-state index in [2.05, 4.69) is 5.32 Å². The van der Waals surface area contributed by atoms with Gasteiger partial charge in [-0.1, -0.05) is 0 Å². The van der Waals surface area contributed by atoms with Crippen molar-refractivity contribution in [1.29, 1.82) is 0 Å². The van der Waals surface area contributed by atoms with Gasteiger partial charge in [-0.3, -0.25) is 4.79 Å². The molecule has 1 saturated carbocycles. The van der Waals surface area contributed by atoms with Gasteiger partial charge in [0.25, 0.3) is 0 Å². The third-order valence-corrected chi connectivity index (χ3v) is 5.21. The van der Waals surface area contributed by atoms with Gasteiger partial charge in [0.05, 0.1) is 12.6 Å². The first-order valence-electron chi connectivity index (χ1n) is 7.39. The molecule has 0 aromatic rings. The van der Waals surface area contributed by atoms with Crippen molar-refractivity contribution in [2.75, 3.05) is 26.2 Å². The molecule has 2 atom stereocenters. The van der Waals surface area contributed by atoms with Crippen LogP contribution in [-0.4, -0.2) is 48.2 Å². The highest BCUT2D eigenvalue weighted by atomic mass is 16.3. The number of nitrogens with zero attached hydrogens (tertiary/aromatic N) is 1. The number of hydrogen-bond acceptors (Lipinski definition) is 3. The summed E-state index contributed by atoms with van der Waals surface area (Å²) >= 11 is 0. The van der Waals surface area contributed by atoms with E-state index < -0.39 is 0 Å². The largest absolute Gasteiger partial charge is 0.394 e. The van der Waals surface area contributed by atoms with Crippen molar-refractivity contribution in [2.24, 2.45) is 11.3 Å². The predicted molar refractivity (Wildman–Crippen MR) is 69.1 cm³/mol. The second kappa shape index (κ2) is 4.82. The first-order chi connectivity index (χ1) is 8.77. The molecule has 102 valence electrons. The van der Waals surface area contributed by atoms with Gasteiger partial charge >= 0.3 is 0 Å². The Balaban J connectivity index is 1.64. The molecule has 2 N–H and O–H groups in total. The smallest absolute Gasteiger partial charge is 0.226 e. The van der Waals surface area contributed by atoms with Crippen molar-refractivity contribution in [1.82, 2.24) is 10.2 Å². The molecule has 1 amide bonds. The Hall–Kier alpha value is -0.610. The van der Waals surface area contributed by atoms with Gasteiger partial charge in [0.1, 0.15) is 0 Å². The van der Waals surface area contributed by atoms with Crippen LogP contribution in [0.4, 0.5) is 0 Å². The fourth-order valence-electron chi connectivity index (χ4n) is 3.85. The highest BCUT2D eigenvalue weighted by Gasteiger charge is 2.58. The van der Waals surface area contributed by atoms with Gasteiger partial charge in [0.2, 0.25) is 5.91 Å². The maximum Gasteiger partial charge on any atom is 0.226 e. The van der Waals surface area contributed by atoms with Crippen LogP contribution in [0, 0.1) is 11.3 Å². The Bertz CT molecular complexity index is 326. The zero-order valence-electron chi connectivity index (χ0n) is 11.0. The van der Waals surface area contributed by atoms with Crippen LogP contribution in [0.5, 0.6) is 0 Å². The molecule has 3 rings (SSSR count). The van der Waals surface area contributed by atoms with Gasteiger partial charge < -0.3 is 15.3 Å². The molecule has 1 spiro atoms. The lowest BCUT2D eigenvalue weighted by Gasteiger charge is -2.35. The van der Waals surface area contributed by atoms with Crippen LogP contribution in [0.3, 0.4) is 0 Å². The molecule has 1 aliphatic carbocycles. The molecule has 3 aliphatic rings. The zero-order chi connectivity index (χ0) is 12.6. The molecule has 0 radical (unpaired) electrons. The van der Waals surface area contributed by atoms with Crippen molar-refractivity contribution in [3.63, 3.8) is 0 Å². The molecule has 2 aliphatic heterocycles. The van der Waals surface area contributed by atoms with E-state index in [1.54, 1.807) is 0 Å². The third-order valence-electron chi connectivity index (χ3n) is 5.21. The molecule has 4 nitrogen and oxygen atoms in total. The summed E-state index contributed by atoms with van der Waals surface area (Å²) in [7, 11) is 0. The molecule has 0 aromatic heterocycles. The lowest BCUT2D eigenvalue weighted by Crippen LogP contribution is -2.47. The molecule has 3 fully saturated rings. The number of rotatable bonds is 2. The number of amides is 1. The Kier molecular flexibility index (Phi) is 3.32. The highest BCUT2D eigenvalue weighted by molar-refractivity contribution is 5.83. The summed E-state index contributed by atoms with van der Waals surface area (Å²) in [4.78, 5) is 14.6.